The largest absolute Gasteiger partial charge is 0.334 e. The quantitative estimate of drug-likeness (QED) is 0.767. The predicted molar refractivity (Wildman–Crippen MR) is 95.7 cm³/mol. The molecule has 0 bridgehead atoms. The number of nitrogens with zero attached hydrogens (tertiary/aromatic N) is 4. The van der Waals surface area contributed by atoms with E-state index in [4.69, 9.17) is 0 Å². The molecule has 0 aliphatic carbocycles. The number of nitrogens with one attached hydrogen (secondary N) is 2. The van der Waals surface area contributed by atoms with Crippen molar-refractivity contribution < 1.29 is 4.79 Å². The minimum Gasteiger partial charge on any atom is -0.334 e. The van der Waals surface area contributed by atoms with E-state index in [2.05, 4.69) is 39.1 Å². The Morgan fingerprint density at radius 2 is 1.96 bits per heavy atom. The van der Waals surface area contributed by atoms with Crippen molar-refractivity contribution in [1.82, 2.24) is 25.5 Å². The fourth-order valence-electron chi connectivity index (χ4n) is 2.58. The molecule has 2 aromatic carbocycles. The Morgan fingerprint density at radius 1 is 1.12 bits per heavy atom. The average Bonchev–Trinajstić information content (AvgIpc) is 3.00. The number of aromatic nitrogens is 4. The van der Waals surface area contributed by atoms with Gasteiger partial charge in [-0.25, -0.2) is 4.79 Å². The van der Waals surface area contributed by atoms with Crippen LogP contribution in [0.15, 0.2) is 42.5 Å². The van der Waals surface area contributed by atoms with Crippen molar-refractivity contribution in [2.24, 2.45) is 0 Å². The van der Waals surface area contributed by atoms with Gasteiger partial charge in [0.05, 0.1) is 5.69 Å². The molecule has 7 heteroatoms. The van der Waals surface area contributed by atoms with E-state index in [9.17, 15) is 4.79 Å². The van der Waals surface area contributed by atoms with E-state index in [0.29, 0.717) is 18.1 Å². The van der Waals surface area contributed by atoms with Crippen LogP contribution < -0.4 is 10.6 Å². The number of carbonyl (C=O) groups excluding carboxylic acids is 1. The molecule has 0 saturated heterocycles. The van der Waals surface area contributed by atoms with Crippen LogP contribution in [-0.4, -0.2) is 26.2 Å². The monoisotopic (exact) mass is 336 g/mol. The Morgan fingerprint density at radius 3 is 2.68 bits per heavy atom. The summed E-state index contributed by atoms with van der Waals surface area (Å²) in [6.07, 6.45) is 0. The molecule has 0 aliphatic heterocycles. The second-order valence-corrected chi connectivity index (χ2v) is 5.93. The number of tetrazole rings is 1. The van der Waals surface area contributed by atoms with Gasteiger partial charge >= 0.3 is 6.03 Å². The Hall–Kier alpha value is -3.22. The molecule has 25 heavy (non-hydrogen) atoms. The van der Waals surface area contributed by atoms with Gasteiger partial charge in [0.25, 0.3) is 0 Å². The molecule has 2 N–H and O–H groups in total. The van der Waals surface area contributed by atoms with Gasteiger partial charge in [-0.05, 0) is 60.5 Å². The van der Waals surface area contributed by atoms with E-state index in [1.165, 1.54) is 5.56 Å². The fraction of sp³-hybridized carbons (Fsp3) is 0.222. The van der Waals surface area contributed by atoms with E-state index < -0.39 is 0 Å². The summed E-state index contributed by atoms with van der Waals surface area (Å²) in [4.78, 5) is 12.2. The van der Waals surface area contributed by atoms with Crippen molar-refractivity contribution >= 4 is 11.7 Å². The van der Waals surface area contributed by atoms with Gasteiger partial charge in [-0.1, -0.05) is 29.8 Å². The highest BCUT2D eigenvalue weighted by molar-refractivity contribution is 5.89. The van der Waals surface area contributed by atoms with E-state index >= 15 is 0 Å². The Balaban J connectivity index is 1.64. The van der Waals surface area contributed by atoms with Gasteiger partial charge in [0.1, 0.15) is 0 Å². The van der Waals surface area contributed by atoms with Gasteiger partial charge in [-0.2, -0.15) is 4.68 Å². The van der Waals surface area contributed by atoms with Crippen LogP contribution in [0, 0.1) is 20.8 Å². The van der Waals surface area contributed by atoms with Crippen molar-refractivity contribution in [3.63, 3.8) is 0 Å². The van der Waals surface area contributed by atoms with E-state index in [-0.39, 0.29) is 6.03 Å². The number of hydrogen-bond acceptors (Lipinski definition) is 4. The number of aryl methyl sites for hydroxylation is 3. The molecule has 2 amide bonds. The van der Waals surface area contributed by atoms with Crippen LogP contribution in [0.5, 0.6) is 0 Å². The summed E-state index contributed by atoms with van der Waals surface area (Å²) in [5, 5.41) is 17.1. The standard InChI is InChI=1S/C18H20N6O/c1-12-7-8-15(13(2)9-12)11-19-18(25)20-16-5-4-6-17(10-16)24-14(3)21-22-23-24/h4-10H,11H2,1-3H3,(H2,19,20,25). The Bertz CT molecular complexity index is 902. The molecule has 0 saturated carbocycles. The number of benzene rings is 2. The molecule has 1 aromatic heterocycles. The third-order valence-corrected chi connectivity index (χ3v) is 3.91. The average molecular weight is 336 g/mol. The summed E-state index contributed by atoms with van der Waals surface area (Å²) < 4.78 is 1.61. The topological polar surface area (TPSA) is 84.7 Å². The zero-order chi connectivity index (χ0) is 17.8. The molecule has 0 aliphatic rings. The zero-order valence-corrected chi connectivity index (χ0v) is 14.4. The Kier molecular flexibility index (Phi) is 4.74. The van der Waals surface area contributed by atoms with Crippen LogP contribution in [0.25, 0.3) is 5.69 Å². The van der Waals surface area contributed by atoms with Gasteiger partial charge in [0.2, 0.25) is 0 Å². The second-order valence-electron chi connectivity index (χ2n) is 5.93. The lowest BCUT2D eigenvalue weighted by Crippen LogP contribution is -2.28. The molecule has 0 unspecified atom stereocenters. The summed E-state index contributed by atoms with van der Waals surface area (Å²) in [5.74, 6) is 0.677. The molecular formula is C18H20N6O. The van der Waals surface area contributed by atoms with Crippen molar-refractivity contribution in [3.05, 3.63) is 65.0 Å². The molecule has 0 fully saturated rings. The molecular weight excluding hydrogens is 316 g/mol. The highest BCUT2D eigenvalue weighted by atomic mass is 16.2. The van der Waals surface area contributed by atoms with Gasteiger partial charge in [-0.3, -0.25) is 0 Å². The first kappa shape index (κ1) is 16.6. The summed E-state index contributed by atoms with van der Waals surface area (Å²) in [6, 6.07) is 13.3. The van der Waals surface area contributed by atoms with Crippen molar-refractivity contribution in [1.29, 1.82) is 0 Å². The van der Waals surface area contributed by atoms with Gasteiger partial charge in [0, 0.05) is 12.2 Å². The summed E-state index contributed by atoms with van der Waals surface area (Å²) in [7, 11) is 0. The lowest BCUT2D eigenvalue weighted by molar-refractivity contribution is 0.251. The lowest BCUT2D eigenvalue weighted by Gasteiger charge is -2.11. The van der Waals surface area contributed by atoms with Crippen molar-refractivity contribution in [2.75, 3.05) is 5.32 Å². The van der Waals surface area contributed by atoms with Gasteiger partial charge < -0.3 is 10.6 Å². The van der Waals surface area contributed by atoms with Crippen LogP contribution >= 0.6 is 0 Å². The minimum atomic E-state index is -0.259. The van der Waals surface area contributed by atoms with Crippen LogP contribution in [0.4, 0.5) is 10.5 Å². The number of hydrogen-bond donors (Lipinski definition) is 2. The fourth-order valence-corrected chi connectivity index (χ4v) is 2.58. The molecule has 0 radical (unpaired) electrons. The van der Waals surface area contributed by atoms with Crippen LogP contribution in [0.3, 0.4) is 0 Å². The number of urea groups is 1. The summed E-state index contributed by atoms with van der Waals surface area (Å²) in [5.41, 5.74) is 4.93. The van der Waals surface area contributed by atoms with E-state index in [0.717, 1.165) is 16.8 Å². The number of anilines is 1. The first-order chi connectivity index (χ1) is 12.0. The molecule has 128 valence electrons. The second kappa shape index (κ2) is 7.12. The minimum absolute atomic E-state index is 0.259. The van der Waals surface area contributed by atoms with Crippen LogP contribution in [0.2, 0.25) is 0 Å². The maximum atomic E-state index is 12.2. The predicted octanol–water partition coefficient (Wildman–Crippen LogP) is 2.91. The first-order valence-electron chi connectivity index (χ1n) is 7.99. The highest BCUT2D eigenvalue weighted by Crippen LogP contribution is 2.15. The lowest BCUT2D eigenvalue weighted by atomic mass is 10.1. The number of rotatable bonds is 4. The molecule has 3 rings (SSSR count). The number of carbonyl (C=O) groups is 1. The third-order valence-electron chi connectivity index (χ3n) is 3.91. The van der Waals surface area contributed by atoms with Crippen LogP contribution in [0.1, 0.15) is 22.5 Å². The van der Waals surface area contributed by atoms with Crippen molar-refractivity contribution in [2.45, 2.75) is 27.3 Å². The maximum Gasteiger partial charge on any atom is 0.319 e. The van der Waals surface area contributed by atoms with E-state index in [1.54, 1.807) is 4.68 Å². The van der Waals surface area contributed by atoms with Crippen LogP contribution in [-0.2, 0) is 6.54 Å². The molecule has 7 nitrogen and oxygen atoms in total. The van der Waals surface area contributed by atoms with Gasteiger partial charge in [0.15, 0.2) is 5.82 Å². The zero-order valence-electron chi connectivity index (χ0n) is 14.4. The highest BCUT2D eigenvalue weighted by Gasteiger charge is 2.07. The molecule has 0 atom stereocenters. The maximum absolute atomic E-state index is 12.2. The normalized spacial score (nSPS) is 10.5. The van der Waals surface area contributed by atoms with E-state index in [1.807, 2.05) is 50.2 Å². The smallest absolute Gasteiger partial charge is 0.319 e. The molecule has 0 spiro atoms. The SMILES string of the molecule is Cc1ccc(CNC(=O)Nc2cccc(-n3nnnc3C)c2)c(C)c1. The molecule has 3 aromatic rings. The van der Waals surface area contributed by atoms with Crippen molar-refractivity contribution in [3.8, 4) is 5.69 Å². The Labute approximate surface area is 146 Å². The summed E-state index contributed by atoms with van der Waals surface area (Å²) >= 11 is 0. The third kappa shape index (κ3) is 4.00. The van der Waals surface area contributed by atoms with Gasteiger partial charge in [-0.15, -0.1) is 5.10 Å². The molecule has 1 heterocycles. The summed E-state index contributed by atoms with van der Waals surface area (Å²) in [6.45, 7) is 6.39. The first-order valence-corrected chi connectivity index (χ1v) is 7.99. The number of amides is 2.